The number of rotatable bonds is 5. The van der Waals surface area contributed by atoms with Crippen molar-refractivity contribution in [2.24, 2.45) is 0 Å². The SMILES string of the molecule is COc1cc(OC(F)(F)F)ccc1Oc1cnc(C(F)(F)F)cc1C(=O)O. The lowest BCUT2D eigenvalue weighted by Crippen LogP contribution is -2.17. The van der Waals surface area contributed by atoms with Gasteiger partial charge in [0.05, 0.1) is 13.3 Å². The monoisotopic (exact) mass is 397 g/mol. The minimum atomic E-state index is -4.96. The summed E-state index contributed by atoms with van der Waals surface area (Å²) in [4.78, 5) is 14.3. The molecule has 0 aliphatic rings. The molecule has 0 unspecified atom stereocenters. The van der Waals surface area contributed by atoms with E-state index in [1.807, 2.05) is 0 Å². The highest BCUT2D eigenvalue weighted by molar-refractivity contribution is 5.91. The number of benzene rings is 1. The summed E-state index contributed by atoms with van der Waals surface area (Å²) in [6.07, 6.45) is -9.30. The largest absolute Gasteiger partial charge is 0.573 e. The first-order chi connectivity index (χ1) is 12.4. The zero-order chi connectivity index (χ0) is 20.4. The highest BCUT2D eigenvalue weighted by atomic mass is 19.4. The lowest BCUT2D eigenvalue weighted by Gasteiger charge is -2.15. The first-order valence-corrected chi connectivity index (χ1v) is 6.83. The molecule has 2 aromatic rings. The van der Waals surface area contributed by atoms with Gasteiger partial charge in [0, 0.05) is 6.07 Å². The van der Waals surface area contributed by atoms with Crippen LogP contribution in [0, 0.1) is 0 Å². The predicted molar refractivity (Wildman–Crippen MR) is 75.9 cm³/mol. The molecule has 1 aromatic heterocycles. The van der Waals surface area contributed by atoms with Crippen LogP contribution in [0.5, 0.6) is 23.0 Å². The second-order valence-electron chi connectivity index (χ2n) is 4.83. The lowest BCUT2D eigenvalue weighted by atomic mass is 10.2. The molecule has 1 N–H and O–H groups in total. The minimum absolute atomic E-state index is 0.268. The summed E-state index contributed by atoms with van der Waals surface area (Å²) in [6.45, 7) is 0. The van der Waals surface area contributed by atoms with E-state index in [9.17, 15) is 31.1 Å². The Balaban J connectivity index is 2.40. The van der Waals surface area contributed by atoms with Crippen LogP contribution in [0.25, 0.3) is 0 Å². The number of aromatic carboxylic acids is 1. The summed E-state index contributed by atoms with van der Waals surface area (Å²) in [5.41, 5.74) is -2.30. The Morgan fingerprint density at radius 3 is 2.22 bits per heavy atom. The average Bonchev–Trinajstić information content (AvgIpc) is 2.53. The number of hydrogen-bond acceptors (Lipinski definition) is 5. The number of carboxylic acid groups (broad SMARTS) is 1. The van der Waals surface area contributed by atoms with Crippen molar-refractivity contribution in [1.82, 2.24) is 4.98 Å². The topological polar surface area (TPSA) is 77.9 Å². The number of nitrogens with zero attached hydrogens (tertiary/aromatic N) is 1. The Kier molecular flexibility index (Phi) is 5.38. The van der Waals surface area contributed by atoms with Gasteiger partial charge in [0.25, 0.3) is 0 Å². The molecular formula is C15H9F6NO5. The molecule has 27 heavy (non-hydrogen) atoms. The van der Waals surface area contributed by atoms with E-state index >= 15 is 0 Å². The summed E-state index contributed by atoms with van der Waals surface area (Å²) >= 11 is 0. The second kappa shape index (κ2) is 7.21. The predicted octanol–water partition coefficient (Wildman–Crippen LogP) is 4.50. The van der Waals surface area contributed by atoms with Gasteiger partial charge < -0.3 is 19.3 Å². The van der Waals surface area contributed by atoms with Crippen LogP contribution in [0.2, 0.25) is 0 Å². The summed E-state index contributed by atoms with van der Waals surface area (Å²) in [6, 6.07) is 2.89. The average molecular weight is 397 g/mol. The number of halogens is 6. The number of pyridine rings is 1. The molecule has 0 aliphatic heterocycles. The fourth-order valence-corrected chi connectivity index (χ4v) is 1.89. The molecule has 0 saturated carbocycles. The molecule has 0 atom stereocenters. The molecule has 0 fully saturated rings. The summed E-state index contributed by atoms with van der Waals surface area (Å²) in [7, 11) is 1.09. The van der Waals surface area contributed by atoms with Crippen LogP contribution in [0.4, 0.5) is 26.3 Å². The lowest BCUT2D eigenvalue weighted by molar-refractivity contribution is -0.274. The van der Waals surface area contributed by atoms with E-state index in [2.05, 4.69) is 9.72 Å². The summed E-state index contributed by atoms with van der Waals surface area (Å²) in [5.74, 6) is -3.49. The fourth-order valence-electron chi connectivity index (χ4n) is 1.89. The van der Waals surface area contributed by atoms with E-state index in [0.29, 0.717) is 6.20 Å². The van der Waals surface area contributed by atoms with Crippen LogP contribution < -0.4 is 14.2 Å². The molecular weight excluding hydrogens is 388 g/mol. The number of hydrogen-bond donors (Lipinski definition) is 1. The van der Waals surface area contributed by atoms with Crippen LogP contribution in [0.15, 0.2) is 30.5 Å². The maximum Gasteiger partial charge on any atom is 0.573 e. The van der Waals surface area contributed by atoms with E-state index in [1.54, 1.807) is 0 Å². The van der Waals surface area contributed by atoms with Gasteiger partial charge in [-0.2, -0.15) is 13.2 Å². The number of carboxylic acids is 1. The van der Waals surface area contributed by atoms with E-state index in [4.69, 9.17) is 14.6 Å². The zero-order valence-electron chi connectivity index (χ0n) is 13.2. The molecule has 0 amide bonds. The quantitative estimate of drug-likeness (QED) is 0.749. The number of aromatic nitrogens is 1. The Labute approximate surface area is 146 Å². The molecule has 0 radical (unpaired) electrons. The second-order valence-corrected chi connectivity index (χ2v) is 4.83. The van der Waals surface area contributed by atoms with Gasteiger partial charge in [-0.3, -0.25) is 0 Å². The molecule has 0 bridgehead atoms. The van der Waals surface area contributed by atoms with Crippen molar-refractivity contribution in [3.8, 4) is 23.0 Å². The van der Waals surface area contributed by atoms with Crippen LogP contribution in [-0.4, -0.2) is 29.5 Å². The molecule has 1 aromatic carbocycles. The zero-order valence-corrected chi connectivity index (χ0v) is 13.2. The number of carbonyl (C=O) groups is 1. The third-order valence-corrected chi connectivity index (χ3v) is 2.98. The highest BCUT2D eigenvalue weighted by Crippen LogP contribution is 2.38. The Morgan fingerprint density at radius 1 is 1.04 bits per heavy atom. The number of alkyl halides is 6. The van der Waals surface area contributed by atoms with Gasteiger partial charge in [-0.05, 0) is 18.2 Å². The molecule has 0 spiro atoms. The standard InChI is InChI=1S/C15H9F6NO5/c1-25-10-4-7(27-15(19,20)21)2-3-9(10)26-11-6-22-12(14(16,17)18)5-8(11)13(23)24/h2-6H,1H3,(H,23,24). The van der Waals surface area contributed by atoms with Gasteiger partial charge in [-0.1, -0.05) is 0 Å². The van der Waals surface area contributed by atoms with E-state index in [1.165, 1.54) is 0 Å². The van der Waals surface area contributed by atoms with Crippen LogP contribution >= 0.6 is 0 Å². The Morgan fingerprint density at radius 2 is 1.70 bits per heavy atom. The van der Waals surface area contributed by atoms with Gasteiger partial charge in [0.2, 0.25) is 0 Å². The van der Waals surface area contributed by atoms with Gasteiger partial charge >= 0.3 is 18.5 Å². The maximum atomic E-state index is 12.7. The highest BCUT2D eigenvalue weighted by Gasteiger charge is 2.34. The third-order valence-electron chi connectivity index (χ3n) is 2.98. The van der Waals surface area contributed by atoms with Crippen molar-refractivity contribution in [2.45, 2.75) is 12.5 Å². The minimum Gasteiger partial charge on any atom is -0.493 e. The van der Waals surface area contributed by atoms with Crippen molar-refractivity contribution in [2.75, 3.05) is 7.11 Å². The van der Waals surface area contributed by atoms with Crippen LogP contribution in [0.3, 0.4) is 0 Å². The first-order valence-electron chi connectivity index (χ1n) is 6.83. The van der Waals surface area contributed by atoms with Crippen LogP contribution in [-0.2, 0) is 6.18 Å². The van der Waals surface area contributed by atoms with Crippen molar-refractivity contribution in [3.63, 3.8) is 0 Å². The molecule has 6 nitrogen and oxygen atoms in total. The van der Waals surface area contributed by atoms with Gasteiger partial charge in [-0.15, -0.1) is 13.2 Å². The molecule has 0 aliphatic carbocycles. The van der Waals surface area contributed by atoms with Gasteiger partial charge in [-0.25, -0.2) is 9.78 Å². The third kappa shape index (κ3) is 5.15. The first kappa shape index (κ1) is 20.1. The summed E-state index contributed by atoms with van der Waals surface area (Å²) < 4.78 is 88.4. The van der Waals surface area contributed by atoms with Crippen molar-refractivity contribution in [3.05, 3.63) is 41.7 Å². The molecule has 1 heterocycles. The Hall–Kier alpha value is -3.18. The Bertz CT molecular complexity index is 850. The molecule has 146 valence electrons. The molecule has 0 saturated heterocycles. The summed E-state index contributed by atoms with van der Waals surface area (Å²) in [5, 5.41) is 9.08. The van der Waals surface area contributed by atoms with Crippen molar-refractivity contribution in [1.29, 1.82) is 0 Å². The number of methoxy groups -OCH3 is 1. The van der Waals surface area contributed by atoms with E-state index in [-0.39, 0.29) is 17.6 Å². The van der Waals surface area contributed by atoms with E-state index < -0.39 is 41.3 Å². The molecule has 12 heteroatoms. The van der Waals surface area contributed by atoms with E-state index in [0.717, 1.165) is 25.3 Å². The molecule has 2 rings (SSSR count). The van der Waals surface area contributed by atoms with Crippen LogP contribution in [0.1, 0.15) is 16.1 Å². The van der Waals surface area contributed by atoms with Crippen molar-refractivity contribution < 1.29 is 50.5 Å². The normalized spacial score (nSPS) is 11.8. The maximum absolute atomic E-state index is 12.7. The van der Waals surface area contributed by atoms with Gasteiger partial charge in [0.15, 0.2) is 17.2 Å². The van der Waals surface area contributed by atoms with Gasteiger partial charge in [0.1, 0.15) is 17.0 Å². The van der Waals surface area contributed by atoms with Crippen molar-refractivity contribution >= 4 is 5.97 Å². The smallest absolute Gasteiger partial charge is 0.493 e. The number of ether oxygens (including phenoxy) is 3. The fraction of sp³-hybridized carbons (Fsp3) is 0.200.